The van der Waals surface area contributed by atoms with E-state index < -0.39 is 0 Å². The second kappa shape index (κ2) is 8.01. The molecule has 1 atom stereocenters. The summed E-state index contributed by atoms with van der Waals surface area (Å²) in [6.45, 7) is 3.94. The number of aromatic hydroxyl groups is 1. The monoisotopic (exact) mass is 367 g/mol. The molecule has 1 saturated heterocycles. The van der Waals surface area contributed by atoms with Crippen molar-refractivity contribution in [2.24, 2.45) is 0 Å². The number of phenolic OH excluding ortho intramolecular Hbond substituents is 1. The fourth-order valence-corrected chi connectivity index (χ4v) is 3.93. The molecule has 2 aliphatic rings. The topological polar surface area (TPSA) is 59.0 Å². The lowest BCUT2D eigenvalue weighted by molar-refractivity contribution is -0.135. The molecule has 4 rings (SSSR count). The number of rotatable bonds is 5. The largest absolute Gasteiger partial charge is 0.508 e. The number of piperidine rings is 1. The summed E-state index contributed by atoms with van der Waals surface area (Å²) >= 11 is 0. The Hall–Kier alpha value is -2.53. The zero-order valence-corrected chi connectivity index (χ0v) is 15.4. The third-order valence-corrected chi connectivity index (χ3v) is 5.35. The van der Waals surface area contributed by atoms with Crippen molar-refractivity contribution < 1.29 is 19.4 Å². The molecule has 27 heavy (non-hydrogen) atoms. The van der Waals surface area contributed by atoms with Crippen LogP contribution < -0.4 is 9.47 Å². The predicted octanol–water partition coefficient (Wildman–Crippen LogP) is 3.70. The minimum absolute atomic E-state index is 0.0903. The Morgan fingerprint density at radius 1 is 1.11 bits per heavy atom. The number of hydrogen-bond donors (Lipinski definition) is 1. The van der Waals surface area contributed by atoms with Crippen LogP contribution in [0.4, 0.5) is 0 Å². The molecule has 0 aliphatic carbocycles. The molecule has 2 aromatic rings. The molecule has 1 N–H and O–H groups in total. The fourth-order valence-electron chi connectivity index (χ4n) is 3.93. The number of carbonyl (C=O) groups is 1. The van der Waals surface area contributed by atoms with Gasteiger partial charge in [-0.05, 0) is 49.7 Å². The first-order valence-corrected chi connectivity index (χ1v) is 9.68. The van der Waals surface area contributed by atoms with Crippen LogP contribution in [0, 0.1) is 0 Å². The summed E-state index contributed by atoms with van der Waals surface area (Å²) in [5, 5.41) is 9.66. The van der Waals surface area contributed by atoms with E-state index in [0.29, 0.717) is 12.4 Å². The van der Waals surface area contributed by atoms with Gasteiger partial charge in [0.1, 0.15) is 23.9 Å². The van der Waals surface area contributed by atoms with Gasteiger partial charge < -0.3 is 14.6 Å². The smallest absolute Gasteiger partial charge is 0.312 e. The van der Waals surface area contributed by atoms with Crippen molar-refractivity contribution in [1.82, 2.24) is 4.90 Å². The van der Waals surface area contributed by atoms with Gasteiger partial charge in [-0.15, -0.1) is 0 Å². The number of ether oxygens (including phenoxy) is 2. The van der Waals surface area contributed by atoms with E-state index in [2.05, 4.69) is 4.90 Å². The third kappa shape index (κ3) is 4.25. The molecule has 0 radical (unpaired) electrons. The molecule has 0 spiro atoms. The predicted molar refractivity (Wildman–Crippen MR) is 102 cm³/mol. The molecular formula is C22H25NO4. The molecule has 142 valence electrons. The molecule has 5 heteroatoms. The quantitative estimate of drug-likeness (QED) is 0.645. The first-order valence-electron chi connectivity index (χ1n) is 9.68. The number of benzene rings is 2. The van der Waals surface area contributed by atoms with Gasteiger partial charge in [0, 0.05) is 24.1 Å². The van der Waals surface area contributed by atoms with Crippen molar-refractivity contribution in [1.29, 1.82) is 0 Å². The Kier molecular flexibility index (Phi) is 5.30. The van der Waals surface area contributed by atoms with Crippen LogP contribution in [0.1, 0.15) is 42.7 Å². The lowest BCUT2D eigenvalue weighted by Gasteiger charge is -2.26. The van der Waals surface area contributed by atoms with Crippen LogP contribution in [-0.4, -0.2) is 42.2 Å². The van der Waals surface area contributed by atoms with E-state index in [0.717, 1.165) is 36.5 Å². The second-order valence-electron chi connectivity index (χ2n) is 7.28. The van der Waals surface area contributed by atoms with Crippen LogP contribution in [-0.2, 0) is 4.79 Å². The number of nitrogens with zero attached hydrogens (tertiary/aromatic N) is 1. The van der Waals surface area contributed by atoms with E-state index in [4.69, 9.17) is 9.47 Å². The van der Waals surface area contributed by atoms with Gasteiger partial charge in [-0.1, -0.05) is 24.6 Å². The molecule has 2 heterocycles. The normalized spacial score (nSPS) is 20.0. The van der Waals surface area contributed by atoms with Crippen molar-refractivity contribution in [2.45, 2.75) is 31.6 Å². The standard InChI is InChI=1S/C22H25NO4/c24-17-7-8-19-20(15-22(25)27-21(19)14-17)16-5-4-6-18(13-16)26-12-11-23-9-2-1-3-10-23/h4-8,13-14,20,24H,1-3,9-12,15H2. The fraction of sp³-hybridized carbons (Fsp3) is 0.409. The molecule has 2 aromatic carbocycles. The van der Waals surface area contributed by atoms with Crippen LogP contribution in [0.2, 0.25) is 0 Å². The van der Waals surface area contributed by atoms with Crippen molar-refractivity contribution in [3.8, 4) is 17.2 Å². The first kappa shape index (κ1) is 17.9. The van der Waals surface area contributed by atoms with Gasteiger partial charge in [0.2, 0.25) is 0 Å². The molecule has 5 nitrogen and oxygen atoms in total. The zero-order valence-electron chi connectivity index (χ0n) is 15.4. The lowest BCUT2D eigenvalue weighted by Crippen LogP contribution is -2.33. The van der Waals surface area contributed by atoms with Gasteiger partial charge in [0.25, 0.3) is 0 Å². The minimum Gasteiger partial charge on any atom is -0.508 e. The number of phenols is 1. The molecule has 0 aromatic heterocycles. The van der Waals surface area contributed by atoms with E-state index in [9.17, 15) is 9.90 Å². The summed E-state index contributed by atoms with van der Waals surface area (Å²) in [5.74, 6) is 0.982. The maximum Gasteiger partial charge on any atom is 0.312 e. The SMILES string of the molecule is O=C1CC(c2cccc(OCCN3CCCCC3)c2)c2ccc(O)cc2O1. The van der Waals surface area contributed by atoms with E-state index in [1.54, 1.807) is 6.07 Å². The van der Waals surface area contributed by atoms with Gasteiger partial charge in [-0.2, -0.15) is 0 Å². The van der Waals surface area contributed by atoms with E-state index in [1.165, 1.54) is 25.3 Å². The Morgan fingerprint density at radius 3 is 2.81 bits per heavy atom. The molecule has 1 unspecified atom stereocenters. The van der Waals surface area contributed by atoms with Gasteiger partial charge in [-0.25, -0.2) is 0 Å². The van der Waals surface area contributed by atoms with E-state index in [-0.39, 0.29) is 24.1 Å². The Labute approximate surface area is 159 Å². The summed E-state index contributed by atoms with van der Waals surface area (Å²) in [5.41, 5.74) is 1.94. The molecule has 0 bridgehead atoms. The number of fused-ring (bicyclic) bond motifs is 1. The van der Waals surface area contributed by atoms with Crippen LogP contribution in [0.25, 0.3) is 0 Å². The summed E-state index contributed by atoms with van der Waals surface area (Å²) in [6.07, 6.45) is 4.18. The van der Waals surface area contributed by atoms with Gasteiger partial charge in [0.05, 0.1) is 6.42 Å². The highest BCUT2D eigenvalue weighted by molar-refractivity contribution is 5.78. The average Bonchev–Trinajstić information content (AvgIpc) is 2.68. The second-order valence-corrected chi connectivity index (χ2v) is 7.28. The maximum atomic E-state index is 12.0. The first-order chi connectivity index (χ1) is 13.2. The Bertz CT molecular complexity index is 814. The van der Waals surface area contributed by atoms with Crippen molar-refractivity contribution >= 4 is 5.97 Å². The summed E-state index contributed by atoms with van der Waals surface area (Å²) in [4.78, 5) is 14.5. The zero-order chi connectivity index (χ0) is 18.6. The van der Waals surface area contributed by atoms with Crippen LogP contribution in [0.15, 0.2) is 42.5 Å². The molecular weight excluding hydrogens is 342 g/mol. The van der Waals surface area contributed by atoms with Crippen LogP contribution in [0.5, 0.6) is 17.2 Å². The Morgan fingerprint density at radius 2 is 1.96 bits per heavy atom. The van der Waals surface area contributed by atoms with Crippen LogP contribution >= 0.6 is 0 Å². The molecule has 0 amide bonds. The summed E-state index contributed by atoms with van der Waals surface area (Å²) in [6, 6.07) is 12.9. The number of likely N-dealkylation sites (tertiary alicyclic amines) is 1. The highest BCUT2D eigenvalue weighted by Crippen LogP contribution is 2.40. The lowest BCUT2D eigenvalue weighted by atomic mass is 9.86. The number of esters is 1. The third-order valence-electron chi connectivity index (χ3n) is 5.35. The van der Waals surface area contributed by atoms with Crippen molar-refractivity contribution in [3.05, 3.63) is 53.6 Å². The Balaban J connectivity index is 1.47. The number of carbonyl (C=O) groups excluding carboxylic acids is 1. The average molecular weight is 367 g/mol. The van der Waals surface area contributed by atoms with E-state index in [1.807, 2.05) is 30.3 Å². The minimum atomic E-state index is -0.283. The maximum absolute atomic E-state index is 12.0. The summed E-state index contributed by atoms with van der Waals surface area (Å²) < 4.78 is 11.3. The van der Waals surface area contributed by atoms with Crippen LogP contribution in [0.3, 0.4) is 0 Å². The molecule has 2 aliphatic heterocycles. The van der Waals surface area contributed by atoms with Gasteiger partial charge in [0.15, 0.2) is 0 Å². The molecule has 1 fully saturated rings. The van der Waals surface area contributed by atoms with Gasteiger partial charge in [-0.3, -0.25) is 9.69 Å². The highest BCUT2D eigenvalue weighted by Gasteiger charge is 2.28. The van der Waals surface area contributed by atoms with Crippen molar-refractivity contribution in [3.63, 3.8) is 0 Å². The van der Waals surface area contributed by atoms with E-state index >= 15 is 0 Å². The number of hydrogen-bond acceptors (Lipinski definition) is 5. The highest BCUT2D eigenvalue weighted by atomic mass is 16.5. The van der Waals surface area contributed by atoms with Gasteiger partial charge >= 0.3 is 5.97 Å². The molecule has 0 saturated carbocycles. The van der Waals surface area contributed by atoms with Crippen molar-refractivity contribution in [2.75, 3.05) is 26.2 Å². The summed E-state index contributed by atoms with van der Waals surface area (Å²) in [7, 11) is 0.